The van der Waals surface area contributed by atoms with Crippen molar-refractivity contribution in [2.45, 2.75) is 26.5 Å². The van der Waals surface area contributed by atoms with E-state index in [0.29, 0.717) is 6.61 Å². The lowest BCUT2D eigenvalue weighted by atomic mass is 10.3. The molecule has 1 aromatic heterocycles. The SMILES string of the molecule is CCNCc1ccc(OCC(C)OC)cn1. The molecule has 0 aromatic carbocycles. The molecule has 0 fully saturated rings. The number of methoxy groups -OCH3 is 1. The Labute approximate surface area is 97.0 Å². The Morgan fingerprint density at radius 1 is 1.44 bits per heavy atom. The molecule has 0 amide bonds. The zero-order chi connectivity index (χ0) is 11.8. The lowest BCUT2D eigenvalue weighted by molar-refractivity contribution is 0.0715. The molecule has 0 bridgehead atoms. The Bertz CT molecular complexity index is 288. The smallest absolute Gasteiger partial charge is 0.137 e. The van der Waals surface area contributed by atoms with E-state index in [1.165, 1.54) is 0 Å². The lowest BCUT2D eigenvalue weighted by Crippen LogP contribution is -2.16. The third kappa shape index (κ3) is 4.59. The number of aromatic nitrogens is 1. The first-order valence-electron chi connectivity index (χ1n) is 5.57. The van der Waals surface area contributed by atoms with E-state index in [4.69, 9.17) is 9.47 Å². The van der Waals surface area contributed by atoms with Gasteiger partial charge < -0.3 is 14.8 Å². The Kier molecular flexibility index (Phi) is 5.82. The predicted molar refractivity (Wildman–Crippen MR) is 63.6 cm³/mol. The van der Waals surface area contributed by atoms with Gasteiger partial charge >= 0.3 is 0 Å². The summed E-state index contributed by atoms with van der Waals surface area (Å²) < 4.78 is 10.6. The average Bonchev–Trinajstić information content (AvgIpc) is 2.34. The first-order valence-corrected chi connectivity index (χ1v) is 5.57. The third-order valence-corrected chi connectivity index (χ3v) is 2.24. The van der Waals surface area contributed by atoms with Gasteiger partial charge in [-0.3, -0.25) is 4.98 Å². The number of hydrogen-bond donors (Lipinski definition) is 1. The van der Waals surface area contributed by atoms with Crippen LogP contribution >= 0.6 is 0 Å². The number of rotatable bonds is 7. The number of pyridine rings is 1. The summed E-state index contributed by atoms with van der Waals surface area (Å²) in [5, 5.41) is 3.22. The van der Waals surface area contributed by atoms with Gasteiger partial charge in [0, 0.05) is 13.7 Å². The van der Waals surface area contributed by atoms with Crippen molar-refractivity contribution in [3.63, 3.8) is 0 Å². The van der Waals surface area contributed by atoms with E-state index in [2.05, 4.69) is 17.2 Å². The molecule has 4 nitrogen and oxygen atoms in total. The van der Waals surface area contributed by atoms with E-state index >= 15 is 0 Å². The molecule has 1 N–H and O–H groups in total. The molecule has 1 unspecified atom stereocenters. The highest BCUT2D eigenvalue weighted by atomic mass is 16.5. The minimum absolute atomic E-state index is 0.0986. The molecule has 0 aliphatic heterocycles. The summed E-state index contributed by atoms with van der Waals surface area (Å²) in [5.41, 5.74) is 1.02. The summed E-state index contributed by atoms with van der Waals surface area (Å²) in [5.74, 6) is 0.782. The molecule has 1 heterocycles. The second kappa shape index (κ2) is 7.19. The number of hydrogen-bond acceptors (Lipinski definition) is 4. The first kappa shape index (κ1) is 12.9. The largest absolute Gasteiger partial charge is 0.489 e. The number of ether oxygens (including phenoxy) is 2. The fourth-order valence-corrected chi connectivity index (χ4v) is 1.14. The van der Waals surface area contributed by atoms with Crippen molar-refractivity contribution >= 4 is 0 Å². The van der Waals surface area contributed by atoms with Crippen molar-refractivity contribution < 1.29 is 9.47 Å². The fraction of sp³-hybridized carbons (Fsp3) is 0.583. The second-order valence-corrected chi connectivity index (χ2v) is 3.62. The Morgan fingerprint density at radius 3 is 2.81 bits per heavy atom. The second-order valence-electron chi connectivity index (χ2n) is 3.62. The van der Waals surface area contributed by atoms with Gasteiger partial charge in [-0.2, -0.15) is 0 Å². The van der Waals surface area contributed by atoms with Crippen molar-refractivity contribution in [1.29, 1.82) is 0 Å². The van der Waals surface area contributed by atoms with E-state index in [-0.39, 0.29) is 6.10 Å². The van der Waals surface area contributed by atoms with Crippen molar-refractivity contribution in [2.75, 3.05) is 20.3 Å². The molecule has 4 heteroatoms. The molecule has 90 valence electrons. The van der Waals surface area contributed by atoms with Gasteiger partial charge in [-0.15, -0.1) is 0 Å². The molecule has 0 aliphatic rings. The van der Waals surface area contributed by atoms with Crippen LogP contribution in [0, 0.1) is 0 Å². The van der Waals surface area contributed by atoms with Crippen LogP contribution in [0.5, 0.6) is 5.75 Å². The van der Waals surface area contributed by atoms with Crippen LogP contribution in [0.1, 0.15) is 19.5 Å². The van der Waals surface area contributed by atoms with Crippen LogP contribution in [-0.4, -0.2) is 31.3 Å². The van der Waals surface area contributed by atoms with Crippen molar-refractivity contribution in [2.24, 2.45) is 0 Å². The maximum Gasteiger partial charge on any atom is 0.137 e. The zero-order valence-electron chi connectivity index (χ0n) is 10.2. The highest BCUT2D eigenvalue weighted by molar-refractivity contribution is 5.19. The van der Waals surface area contributed by atoms with Gasteiger partial charge in [-0.05, 0) is 25.6 Å². The monoisotopic (exact) mass is 224 g/mol. The Hall–Kier alpha value is -1.13. The van der Waals surface area contributed by atoms with Crippen LogP contribution in [0.15, 0.2) is 18.3 Å². The van der Waals surface area contributed by atoms with Crippen molar-refractivity contribution in [3.8, 4) is 5.75 Å². The first-order chi connectivity index (χ1) is 7.76. The van der Waals surface area contributed by atoms with Gasteiger partial charge in [-0.25, -0.2) is 0 Å². The number of nitrogens with zero attached hydrogens (tertiary/aromatic N) is 1. The van der Waals surface area contributed by atoms with Gasteiger partial charge in [0.2, 0.25) is 0 Å². The summed E-state index contributed by atoms with van der Waals surface area (Å²) >= 11 is 0. The van der Waals surface area contributed by atoms with Gasteiger partial charge in [0.15, 0.2) is 0 Å². The number of nitrogens with one attached hydrogen (secondary N) is 1. The summed E-state index contributed by atoms with van der Waals surface area (Å²) in [7, 11) is 1.67. The normalized spacial score (nSPS) is 12.4. The zero-order valence-corrected chi connectivity index (χ0v) is 10.2. The summed E-state index contributed by atoms with van der Waals surface area (Å²) in [6, 6.07) is 3.90. The summed E-state index contributed by atoms with van der Waals surface area (Å²) in [6.07, 6.45) is 1.84. The molecule has 0 aliphatic carbocycles. The summed E-state index contributed by atoms with van der Waals surface area (Å²) in [4.78, 5) is 4.29. The molecule has 0 saturated carbocycles. The topological polar surface area (TPSA) is 43.4 Å². The van der Waals surface area contributed by atoms with E-state index in [1.54, 1.807) is 13.3 Å². The molecule has 1 atom stereocenters. The van der Waals surface area contributed by atoms with E-state index in [0.717, 1.165) is 24.5 Å². The molecule has 16 heavy (non-hydrogen) atoms. The highest BCUT2D eigenvalue weighted by Crippen LogP contribution is 2.09. The predicted octanol–water partition coefficient (Wildman–Crippen LogP) is 1.60. The summed E-state index contributed by atoms with van der Waals surface area (Å²) in [6.45, 7) is 6.33. The Morgan fingerprint density at radius 2 is 2.25 bits per heavy atom. The highest BCUT2D eigenvalue weighted by Gasteiger charge is 2.01. The van der Waals surface area contributed by atoms with E-state index in [1.807, 2.05) is 19.1 Å². The van der Waals surface area contributed by atoms with Crippen LogP contribution in [0.25, 0.3) is 0 Å². The standard InChI is InChI=1S/C12H20N2O2/c1-4-13-7-11-5-6-12(8-14-11)16-9-10(2)15-3/h5-6,8,10,13H,4,7,9H2,1-3H3. The molecular weight excluding hydrogens is 204 g/mol. The van der Waals surface area contributed by atoms with Gasteiger partial charge in [0.05, 0.1) is 18.0 Å². The van der Waals surface area contributed by atoms with E-state index in [9.17, 15) is 0 Å². The lowest BCUT2D eigenvalue weighted by Gasteiger charge is -2.11. The minimum Gasteiger partial charge on any atom is -0.489 e. The third-order valence-electron chi connectivity index (χ3n) is 2.24. The van der Waals surface area contributed by atoms with Crippen LogP contribution in [0.4, 0.5) is 0 Å². The van der Waals surface area contributed by atoms with Crippen LogP contribution in [0.2, 0.25) is 0 Å². The molecule has 1 rings (SSSR count). The van der Waals surface area contributed by atoms with Gasteiger partial charge in [0.25, 0.3) is 0 Å². The average molecular weight is 224 g/mol. The van der Waals surface area contributed by atoms with Crippen LogP contribution < -0.4 is 10.1 Å². The quantitative estimate of drug-likeness (QED) is 0.764. The molecule has 0 radical (unpaired) electrons. The fourth-order valence-electron chi connectivity index (χ4n) is 1.14. The van der Waals surface area contributed by atoms with Gasteiger partial charge in [-0.1, -0.05) is 6.92 Å². The van der Waals surface area contributed by atoms with Crippen molar-refractivity contribution in [1.82, 2.24) is 10.3 Å². The molecule has 1 aromatic rings. The van der Waals surface area contributed by atoms with Crippen LogP contribution in [-0.2, 0) is 11.3 Å². The molecular formula is C12H20N2O2. The van der Waals surface area contributed by atoms with Crippen molar-refractivity contribution in [3.05, 3.63) is 24.0 Å². The maximum absolute atomic E-state index is 5.51. The Balaban J connectivity index is 2.38. The van der Waals surface area contributed by atoms with E-state index < -0.39 is 0 Å². The minimum atomic E-state index is 0.0986. The van der Waals surface area contributed by atoms with Gasteiger partial charge in [0.1, 0.15) is 12.4 Å². The molecule has 0 saturated heterocycles. The molecule has 0 spiro atoms. The van der Waals surface area contributed by atoms with Crippen LogP contribution in [0.3, 0.4) is 0 Å². The maximum atomic E-state index is 5.51.